The molecule has 2 heterocycles. The van der Waals surface area contributed by atoms with Gasteiger partial charge >= 0.3 is 17.9 Å². The summed E-state index contributed by atoms with van der Waals surface area (Å²) in [5.74, 6) is -0.445. The molecule has 0 aromatic heterocycles. The summed E-state index contributed by atoms with van der Waals surface area (Å²) in [6, 6.07) is 0. The highest BCUT2D eigenvalue weighted by Crippen LogP contribution is 2.69. The molecule has 4 aliphatic rings. The Morgan fingerprint density at radius 1 is 1.26 bits per heavy atom. The summed E-state index contributed by atoms with van der Waals surface area (Å²) >= 11 is 0. The third-order valence-electron chi connectivity index (χ3n) is 8.63. The Morgan fingerprint density at radius 3 is 2.58 bits per heavy atom. The predicted molar refractivity (Wildman–Crippen MR) is 111 cm³/mol. The Morgan fingerprint density at radius 2 is 2.00 bits per heavy atom. The molecule has 0 aromatic rings. The summed E-state index contributed by atoms with van der Waals surface area (Å²) in [5.41, 5.74) is -0.0131. The van der Waals surface area contributed by atoms with E-state index in [-0.39, 0.29) is 42.0 Å². The molecular formula is C24H34O7. The van der Waals surface area contributed by atoms with E-state index in [1.165, 1.54) is 13.8 Å². The number of cyclic esters (lactones) is 1. The van der Waals surface area contributed by atoms with Gasteiger partial charge in [0.25, 0.3) is 0 Å². The van der Waals surface area contributed by atoms with E-state index in [2.05, 4.69) is 13.8 Å². The van der Waals surface area contributed by atoms with Gasteiger partial charge in [-0.3, -0.25) is 9.59 Å². The largest absolute Gasteiger partial charge is 0.465 e. The van der Waals surface area contributed by atoms with E-state index in [0.29, 0.717) is 25.6 Å². The molecule has 7 nitrogen and oxygen atoms in total. The number of fused-ring (bicyclic) bond motifs is 2. The fourth-order valence-corrected chi connectivity index (χ4v) is 6.79. The van der Waals surface area contributed by atoms with Gasteiger partial charge in [0.15, 0.2) is 0 Å². The van der Waals surface area contributed by atoms with Crippen molar-refractivity contribution >= 4 is 17.9 Å². The molecule has 7 heteroatoms. The lowest BCUT2D eigenvalue weighted by molar-refractivity contribution is -0.228. The number of rotatable bonds is 6. The van der Waals surface area contributed by atoms with E-state index < -0.39 is 11.0 Å². The third kappa shape index (κ3) is 3.69. The van der Waals surface area contributed by atoms with E-state index in [1.807, 2.05) is 0 Å². The van der Waals surface area contributed by atoms with Gasteiger partial charge in [-0.25, -0.2) is 4.79 Å². The first-order valence-electron chi connectivity index (χ1n) is 11.4. The minimum Gasteiger partial charge on any atom is -0.465 e. The van der Waals surface area contributed by atoms with Crippen LogP contribution in [-0.2, 0) is 33.3 Å². The van der Waals surface area contributed by atoms with Crippen molar-refractivity contribution in [1.29, 1.82) is 0 Å². The van der Waals surface area contributed by atoms with Crippen molar-refractivity contribution < 1.29 is 33.3 Å². The molecule has 0 amide bonds. The fraction of sp³-hybridized carbons (Fsp3) is 0.792. The second-order valence-corrected chi connectivity index (χ2v) is 10.2. The molecule has 1 spiro atoms. The maximum atomic E-state index is 12.1. The average molecular weight is 435 g/mol. The molecule has 0 radical (unpaired) electrons. The molecule has 31 heavy (non-hydrogen) atoms. The van der Waals surface area contributed by atoms with Gasteiger partial charge < -0.3 is 18.9 Å². The monoisotopic (exact) mass is 434 g/mol. The van der Waals surface area contributed by atoms with Crippen LogP contribution in [0.3, 0.4) is 0 Å². The summed E-state index contributed by atoms with van der Waals surface area (Å²) in [7, 11) is 0. The number of hydrogen-bond donors (Lipinski definition) is 0. The zero-order chi connectivity index (χ0) is 22.4. The first-order chi connectivity index (χ1) is 14.6. The Balaban J connectivity index is 1.71. The first kappa shape index (κ1) is 22.3. The second-order valence-electron chi connectivity index (χ2n) is 10.2. The smallest absolute Gasteiger partial charge is 0.331 e. The molecule has 4 rings (SSSR count). The molecule has 0 unspecified atom stereocenters. The second kappa shape index (κ2) is 7.91. The number of hydrogen-bond acceptors (Lipinski definition) is 7. The van der Waals surface area contributed by atoms with Crippen molar-refractivity contribution in [3.63, 3.8) is 0 Å². The highest BCUT2D eigenvalue weighted by molar-refractivity contribution is 5.85. The molecule has 1 saturated heterocycles. The van der Waals surface area contributed by atoms with Crippen molar-refractivity contribution in [2.75, 3.05) is 19.8 Å². The van der Waals surface area contributed by atoms with Crippen LogP contribution in [0.1, 0.15) is 66.2 Å². The zero-order valence-electron chi connectivity index (χ0n) is 19.0. The van der Waals surface area contributed by atoms with E-state index in [0.717, 1.165) is 37.7 Å². The van der Waals surface area contributed by atoms with Gasteiger partial charge in [0.1, 0.15) is 24.9 Å². The van der Waals surface area contributed by atoms with Crippen molar-refractivity contribution in [2.45, 2.75) is 77.9 Å². The van der Waals surface area contributed by atoms with Gasteiger partial charge in [-0.1, -0.05) is 20.3 Å². The molecule has 2 aliphatic heterocycles. The van der Waals surface area contributed by atoms with Crippen LogP contribution in [0.5, 0.6) is 0 Å². The topological polar surface area (TPSA) is 91.4 Å². The Kier molecular flexibility index (Phi) is 5.69. The van der Waals surface area contributed by atoms with Gasteiger partial charge in [-0.2, -0.15) is 0 Å². The summed E-state index contributed by atoms with van der Waals surface area (Å²) in [6.45, 7) is 8.60. The Labute approximate surface area is 183 Å². The minimum atomic E-state index is -0.555. The normalized spacial score (nSPS) is 41.2. The highest BCUT2D eigenvalue weighted by Gasteiger charge is 2.74. The molecule has 0 aromatic carbocycles. The molecule has 2 aliphatic carbocycles. The maximum absolute atomic E-state index is 12.1. The number of epoxide rings is 1. The van der Waals surface area contributed by atoms with Gasteiger partial charge in [0.2, 0.25) is 0 Å². The van der Waals surface area contributed by atoms with Crippen LogP contribution >= 0.6 is 0 Å². The van der Waals surface area contributed by atoms with Crippen LogP contribution < -0.4 is 0 Å². The summed E-state index contributed by atoms with van der Waals surface area (Å²) < 4.78 is 22.8. The van der Waals surface area contributed by atoms with Crippen LogP contribution in [0.2, 0.25) is 0 Å². The first-order valence-corrected chi connectivity index (χ1v) is 11.4. The lowest BCUT2D eigenvalue weighted by Crippen LogP contribution is -2.67. The number of esters is 3. The van der Waals surface area contributed by atoms with Gasteiger partial charge in [-0.15, -0.1) is 0 Å². The summed E-state index contributed by atoms with van der Waals surface area (Å²) in [4.78, 5) is 35.4. The van der Waals surface area contributed by atoms with Crippen molar-refractivity contribution in [3.8, 4) is 0 Å². The van der Waals surface area contributed by atoms with Crippen LogP contribution in [0.15, 0.2) is 11.6 Å². The quantitative estimate of drug-likeness (QED) is 0.360. The summed E-state index contributed by atoms with van der Waals surface area (Å²) in [5, 5.41) is 0. The fourth-order valence-electron chi connectivity index (χ4n) is 6.79. The van der Waals surface area contributed by atoms with Crippen molar-refractivity contribution in [2.24, 2.45) is 22.7 Å². The number of carbonyl (C=O) groups excluding carboxylic acids is 3. The third-order valence-corrected chi connectivity index (χ3v) is 8.63. The van der Waals surface area contributed by atoms with Gasteiger partial charge in [-0.05, 0) is 54.9 Å². The maximum Gasteiger partial charge on any atom is 0.331 e. The molecule has 0 bridgehead atoms. The summed E-state index contributed by atoms with van der Waals surface area (Å²) in [6.07, 6.45) is 6.54. The van der Waals surface area contributed by atoms with Gasteiger partial charge in [0.05, 0.1) is 12.0 Å². The molecule has 2 saturated carbocycles. The predicted octanol–water partition coefficient (Wildman–Crippen LogP) is 3.35. The van der Waals surface area contributed by atoms with Gasteiger partial charge in [0, 0.05) is 19.9 Å². The zero-order valence-corrected chi connectivity index (χ0v) is 19.0. The Hall–Kier alpha value is -1.89. The molecule has 3 fully saturated rings. The molecule has 6 atom stereocenters. The number of carbonyl (C=O) groups is 3. The SMILES string of the molecule is CC(=O)OC[C@@]12[C@H](CCC[C@@]13CO3)[C@](C)(CCC1=CC(=O)OC1)[C@@H](C)C[C@H]2OC(C)=O. The minimum absolute atomic E-state index is 0.0807. The van der Waals surface area contributed by atoms with E-state index in [9.17, 15) is 14.4 Å². The van der Waals surface area contributed by atoms with E-state index >= 15 is 0 Å². The molecule has 172 valence electrons. The molecule has 0 N–H and O–H groups in total. The average Bonchev–Trinajstić information content (AvgIpc) is 3.35. The van der Waals surface area contributed by atoms with Crippen molar-refractivity contribution in [3.05, 3.63) is 11.6 Å². The van der Waals surface area contributed by atoms with E-state index in [1.54, 1.807) is 6.08 Å². The molecular weight excluding hydrogens is 400 g/mol. The van der Waals surface area contributed by atoms with Crippen LogP contribution in [0.25, 0.3) is 0 Å². The standard InChI is InChI=1S/C24H34O7/c1-15-10-20(31-17(3)26)24(14-29-16(2)25)19(6-5-8-23(24)13-30-23)22(15,4)9-7-18-11-21(27)28-12-18/h11,15,19-20H,5-10,12-14H2,1-4H3/t15-,19+,20+,22+,23+,24-/m0/s1. The lowest BCUT2D eigenvalue weighted by atomic mass is 9.43. The van der Waals surface area contributed by atoms with Crippen LogP contribution in [-0.4, -0.2) is 49.4 Å². The van der Waals surface area contributed by atoms with Crippen molar-refractivity contribution in [1.82, 2.24) is 0 Å². The number of ether oxygens (including phenoxy) is 4. The highest BCUT2D eigenvalue weighted by atomic mass is 16.6. The van der Waals surface area contributed by atoms with Crippen LogP contribution in [0, 0.1) is 22.7 Å². The Bertz CT molecular complexity index is 798. The van der Waals surface area contributed by atoms with Crippen LogP contribution in [0.4, 0.5) is 0 Å². The van der Waals surface area contributed by atoms with E-state index in [4.69, 9.17) is 18.9 Å². The lowest BCUT2D eigenvalue weighted by Gasteiger charge is -2.63.